The number of carbonyl (C=O) groups is 1. The van der Waals surface area contributed by atoms with Gasteiger partial charge in [-0.05, 0) is 43.5 Å². The standard InChI is InChI=1S/C23H27F2N5O2S/c1-15(31)21(32)30-23(16-8-5-4-6-9-16,12-7-13-28-22(26-2)27-3)33-20(29-30)18-14-17(24)10-11-19(18)25/h4-6,8-11,14-15,31H,7,12-13H2,1-3H3,(H2,26,27,28). The number of hydrogen-bond acceptors (Lipinski definition) is 5. The molecule has 7 nitrogen and oxygen atoms in total. The molecule has 176 valence electrons. The van der Waals surface area contributed by atoms with Crippen LogP contribution in [-0.2, 0) is 9.67 Å². The number of thioether (sulfide) groups is 1. The molecular weight excluding hydrogens is 448 g/mol. The van der Waals surface area contributed by atoms with E-state index in [1.807, 2.05) is 30.3 Å². The Morgan fingerprint density at radius 1 is 1.27 bits per heavy atom. The molecule has 0 radical (unpaired) electrons. The van der Waals surface area contributed by atoms with Crippen LogP contribution in [0.2, 0.25) is 0 Å². The van der Waals surface area contributed by atoms with Crippen LogP contribution in [-0.4, -0.2) is 53.8 Å². The molecule has 0 aromatic heterocycles. The molecule has 0 fully saturated rings. The van der Waals surface area contributed by atoms with Gasteiger partial charge in [-0.25, -0.2) is 13.8 Å². The van der Waals surface area contributed by atoms with Crippen molar-refractivity contribution in [1.82, 2.24) is 15.6 Å². The number of hydrazone groups is 1. The fourth-order valence-corrected chi connectivity index (χ4v) is 4.99. The van der Waals surface area contributed by atoms with Gasteiger partial charge < -0.3 is 15.7 Å². The largest absolute Gasteiger partial charge is 0.383 e. The molecule has 0 saturated heterocycles. The molecule has 10 heteroatoms. The summed E-state index contributed by atoms with van der Waals surface area (Å²) < 4.78 is 28.5. The second kappa shape index (κ2) is 10.8. The third-order valence-electron chi connectivity index (χ3n) is 5.19. The predicted molar refractivity (Wildman–Crippen MR) is 127 cm³/mol. The molecule has 2 atom stereocenters. The summed E-state index contributed by atoms with van der Waals surface area (Å²) in [6.45, 7) is 1.90. The minimum atomic E-state index is -1.32. The number of rotatable bonds is 7. The Kier molecular flexibility index (Phi) is 8.04. The van der Waals surface area contributed by atoms with Crippen molar-refractivity contribution in [2.45, 2.75) is 30.7 Å². The average molecular weight is 476 g/mol. The molecule has 0 bridgehead atoms. The van der Waals surface area contributed by atoms with Crippen LogP contribution in [0.4, 0.5) is 8.78 Å². The van der Waals surface area contributed by atoms with Gasteiger partial charge in [-0.2, -0.15) is 5.10 Å². The fourth-order valence-electron chi connectivity index (χ4n) is 3.56. The van der Waals surface area contributed by atoms with E-state index >= 15 is 0 Å². The maximum absolute atomic E-state index is 14.6. The fraction of sp³-hybridized carbons (Fsp3) is 0.348. The number of benzene rings is 2. The molecule has 0 saturated carbocycles. The minimum Gasteiger partial charge on any atom is -0.383 e. The number of nitrogens with zero attached hydrogens (tertiary/aromatic N) is 3. The van der Waals surface area contributed by atoms with Gasteiger partial charge in [0.15, 0.2) is 5.96 Å². The summed E-state index contributed by atoms with van der Waals surface area (Å²) in [7, 11) is 3.41. The third kappa shape index (κ3) is 5.33. The quantitative estimate of drug-likeness (QED) is 0.326. The molecule has 1 aliphatic rings. The number of halogens is 2. The van der Waals surface area contributed by atoms with E-state index in [4.69, 9.17) is 0 Å². The maximum atomic E-state index is 14.6. The first kappa shape index (κ1) is 24.7. The maximum Gasteiger partial charge on any atom is 0.272 e. The van der Waals surface area contributed by atoms with E-state index in [0.717, 1.165) is 23.8 Å². The highest BCUT2D eigenvalue weighted by molar-refractivity contribution is 8.15. The van der Waals surface area contributed by atoms with E-state index in [2.05, 4.69) is 20.7 Å². The van der Waals surface area contributed by atoms with Gasteiger partial charge in [0.2, 0.25) is 0 Å². The molecule has 2 unspecified atom stereocenters. The Bertz CT molecular complexity index is 1050. The van der Waals surface area contributed by atoms with Crippen molar-refractivity contribution in [3.8, 4) is 0 Å². The normalized spacial score (nSPS) is 19.3. The molecular formula is C23H27F2N5O2S. The number of amides is 1. The molecule has 1 aliphatic heterocycles. The zero-order valence-electron chi connectivity index (χ0n) is 18.7. The van der Waals surface area contributed by atoms with Crippen LogP contribution < -0.4 is 10.6 Å². The van der Waals surface area contributed by atoms with Crippen molar-refractivity contribution in [2.75, 3.05) is 20.6 Å². The molecule has 3 N–H and O–H groups in total. The number of aliphatic hydroxyl groups is 1. The van der Waals surface area contributed by atoms with Gasteiger partial charge >= 0.3 is 0 Å². The topological polar surface area (TPSA) is 89.3 Å². The predicted octanol–water partition coefficient (Wildman–Crippen LogP) is 3.01. The number of carbonyl (C=O) groups excluding carboxylic acids is 1. The molecule has 3 rings (SSSR count). The van der Waals surface area contributed by atoms with Crippen molar-refractivity contribution in [3.63, 3.8) is 0 Å². The van der Waals surface area contributed by atoms with Gasteiger partial charge in [-0.3, -0.25) is 9.79 Å². The van der Waals surface area contributed by atoms with Crippen molar-refractivity contribution in [1.29, 1.82) is 0 Å². The van der Waals surface area contributed by atoms with Crippen LogP contribution in [0, 0.1) is 11.6 Å². The highest BCUT2D eigenvalue weighted by Crippen LogP contribution is 2.50. The second-order valence-corrected chi connectivity index (χ2v) is 8.73. The van der Waals surface area contributed by atoms with E-state index in [1.165, 1.54) is 23.7 Å². The zero-order chi connectivity index (χ0) is 24.0. The van der Waals surface area contributed by atoms with Gasteiger partial charge in [0.1, 0.15) is 27.7 Å². The average Bonchev–Trinajstić information content (AvgIpc) is 3.21. The monoisotopic (exact) mass is 475 g/mol. The van der Waals surface area contributed by atoms with Gasteiger partial charge in [-0.1, -0.05) is 42.1 Å². The molecule has 0 aliphatic carbocycles. The van der Waals surface area contributed by atoms with Crippen molar-refractivity contribution >= 4 is 28.7 Å². The Morgan fingerprint density at radius 3 is 2.64 bits per heavy atom. The smallest absolute Gasteiger partial charge is 0.272 e. The van der Waals surface area contributed by atoms with Crippen molar-refractivity contribution in [2.24, 2.45) is 10.1 Å². The Labute approximate surface area is 196 Å². The van der Waals surface area contributed by atoms with Crippen LogP contribution in [0.5, 0.6) is 0 Å². The lowest BCUT2D eigenvalue weighted by Gasteiger charge is -2.36. The van der Waals surface area contributed by atoms with E-state index in [9.17, 15) is 18.7 Å². The van der Waals surface area contributed by atoms with E-state index in [-0.39, 0.29) is 10.6 Å². The summed E-state index contributed by atoms with van der Waals surface area (Å²) in [5.41, 5.74) is 0.729. The molecule has 1 heterocycles. The third-order valence-corrected chi connectivity index (χ3v) is 6.64. The molecule has 1 amide bonds. The van der Waals surface area contributed by atoms with Crippen molar-refractivity contribution in [3.05, 3.63) is 71.3 Å². The van der Waals surface area contributed by atoms with Gasteiger partial charge in [0.05, 0.1) is 0 Å². The SMILES string of the molecule is CN=C(NC)NCCCC1(c2ccccc2)SC(c2cc(F)ccc2F)=NN1C(=O)C(C)O. The Morgan fingerprint density at radius 2 is 2.00 bits per heavy atom. The highest BCUT2D eigenvalue weighted by atomic mass is 32.2. The Hall–Kier alpha value is -2.98. The van der Waals surface area contributed by atoms with Gasteiger partial charge in [-0.15, -0.1) is 0 Å². The number of nitrogens with one attached hydrogen (secondary N) is 2. The summed E-state index contributed by atoms with van der Waals surface area (Å²) in [5.74, 6) is -1.26. The van der Waals surface area contributed by atoms with Crippen LogP contribution in [0.25, 0.3) is 0 Å². The lowest BCUT2D eigenvalue weighted by Crippen LogP contribution is -2.45. The van der Waals surface area contributed by atoms with Gasteiger partial charge in [0, 0.05) is 26.2 Å². The van der Waals surface area contributed by atoms with E-state index in [1.54, 1.807) is 14.1 Å². The van der Waals surface area contributed by atoms with E-state index in [0.29, 0.717) is 25.3 Å². The van der Waals surface area contributed by atoms with Crippen LogP contribution in [0.15, 0.2) is 58.6 Å². The lowest BCUT2D eigenvalue weighted by atomic mass is 9.99. The first-order valence-corrected chi connectivity index (χ1v) is 11.3. The first-order valence-electron chi connectivity index (χ1n) is 10.5. The lowest BCUT2D eigenvalue weighted by molar-refractivity contribution is -0.143. The minimum absolute atomic E-state index is 0.0325. The number of guanidine groups is 1. The van der Waals surface area contributed by atoms with Crippen LogP contribution >= 0.6 is 11.8 Å². The second-order valence-electron chi connectivity index (χ2n) is 7.46. The molecule has 2 aromatic carbocycles. The highest BCUT2D eigenvalue weighted by Gasteiger charge is 2.49. The number of hydrogen-bond donors (Lipinski definition) is 3. The van der Waals surface area contributed by atoms with Crippen LogP contribution in [0.3, 0.4) is 0 Å². The Balaban J connectivity index is 2.02. The van der Waals surface area contributed by atoms with E-state index < -0.39 is 28.5 Å². The number of aliphatic hydroxyl groups excluding tert-OH is 1. The summed E-state index contributed by atoms with van der Waals surface area (Å²) in [5, 5.41) is 22.0. The molecule has 33 heavy (non-hydrogen) atoms. The molecule has 2 aromatic rings. The summed E-state index contributed by atoms with van der Waals surface area (Å²) in [6, 6.07) is 12.4. The summed E-state index contributed by atoms with van der Waals surface area (Å²) >= 11 is 1.18. The van der Waals surface area contributed by atoms with Crippen molar-refractivity contribution < 1.29 is 18.7 Å². The zero-order valence-corrected chi connectivity index (χ0v) is 19.5. The summed E-state index contributed by atoms with van der Waals surface area (Å²) in [4.78, 5) is 16.1. The van der Waals surface area contributed by atoms with Crippen LogP contribution in [0.1, 0.15) is 30.9 Å². The first-order chi connectivity index (χ1) is 15.8. The van der Waals surface area contributed by atoms with Gasteiger partial charge in [0.25, 0.3) is 5.91 Å². The molecule has 0 spiro atoms. The summed E-state index contributed by atoms with van der Waals surface area (Å²) in [6.07, 6.45) is -0.298. The number of aliphatic imine (C=N–C) groups is 1.